The van der Waals surface area contributed by atoms with Gasteiger partial charge >= 0.3 is 23.5 Å². The summed E-state index contributed by atoms with van der Waals surface area (Å²) < 4.78 is 62.4. The van der Waals surface area contributed by atoms with E-state index < -0.39 is 84.6 Å². The number of anilines is 1. The lowest BCUT2D eigenvalue weighted by atomic mass is 9.87. The van der Waals surface area contributed by atoms with Crippen LogP contribution in [0.2, 0.25) is 0 Å². The molecule has 0 radical (unpaired) electrons. The highest BCUT2D eigenvalue weighted by atomic mass is 33.1. The van der Waals surface area contributed by atoms with E-state index in [1.165, 1.54) is 13.8 Å². The first-order chi connectivity index (χ1) is 30.5. The van der Waals surface area contributed by atoms with Crippen LogP contribution in [0.4, 0.5) is 5.82 Å². The fourth-order valence-electron chi connectivity index (χ4n) is 5.73. The van der Waals surface area contributed by atoms with Crippen molar-refractivity contribution in [2.75, 3.05) is 61.8 Å². The third-order valence-electron chi connectivity index (χ3n) is 9.00. The van der Waals surface area contributed by atoms with E-state index in [0.29, 0.717) is 29.1 Å². The Morgan fingerprint density at radius 3 is 2.40 bits per heavy atom. The van der Waals surface area contributed by atoms with E-state index >= 15 is 0 Å². The molecule has 13 N–H and O–H groups in total. The van der Waals surface area contributed by atoms with Gasteiger partial charge in [0, 0.05) is 54.0 Å². The van der Waals surface area contributed by atoms with E-state index in [1.54, 1.807) is 33.3 Å². The first-order valence-corrected chi connectivity index (χ1v) is 28.7. The van der Waals surface area contributed by atoms with E-state index in [2.05, 4.69) is 34.4 Å². The first-order valence-electron chi connectivity index (χ1n) is 19.7. The van der Waals surface area contributed by atoms with E-state index in [1.807, 2.05) is 0 Å². The van der Waals surface area contributed by atoms with Crippen LogP contribution >= 0.6 is 68.6 Å². The molecular formula is C32H57N8O18P3S4. The molecule has 0 saturated carbocycles. The van der Waals surface area contributed by atoms with Gasteiger partial charge in [-0.3, -0.25) is 32.5 Å². The molecule has 2 aromatic rings. The number of nitrogens with two attached hydrogens (primary N) is 2. The summed E-state index contributed by atoms with van der Waals surface area (Å²) in [7, 11) is -13.0. The molecule has 0 bridgehead atoms. The number of hydrogen-bond acceptors (Lipinski definition) is 23. The lowest BCUT2D eigenvalue weighted by molar-refractivity contribution is -0.137. The van der Waals surface area contributed by atoms with Gasteiger partial charge < -0.3 is 61.7 Å². The Labute approximate surface area is 390 Å². The maximum absolute atomic E-state index is 12.7. The highest BCUT2D eigenvalue weighted by Crippen LogP contribution is 2.61. The molecule has 1 saturated heterocycles. The fraction of sp³-hybridized carbons (Fsp3) is 0.750. The maximum atomic E-state index is 12.7. The quantitative estimate of drug-likeness (QED) is 0.0211. The first kappa shape index (κ1) is 57.8. The molecule has 65 heavy (non-hydrogen) atoms. The largest absolute Gasteiger partial charge is 0.481 e. The van der Waals surface area contributed by atoms with Gasteiger partial charge in [0.25, 0.3) is 0 Å². The summed E-state index contributed by atoms with van der Waals surface area (Å²) in [4.78, 5) is 88.4. The predicted molar refractivity (Wildman–Crippen MR) is 243 cm³/mol. The Morgan fingerprint density at radius 1 is 0.985 bits per heavy atom. The number of hydrogen-bond donors (Lipinski definition) is 11. The number of nitrogens with one attached hydrogen (secondary N) is 2. The van der Waals surface area contributed by atoms with Crippen molar-refractivity contribution in [3.8, 4) is 0 Å². The van der Waals surface area contributed by atoms with Gasteiger partial charge in [-0.05, 0) is 25.0 Å². The lowest BCUT2D eigenvalue weighted by Gasteiger charge is -2.30. The average Bonchev–Trinajstić information content (AvgIpc) is 3.79. The summed E-state index contributed by atoms with van der Waals surface area (Å²) >= 11 is 2.78. The van der Waals surface area contributed by atoms with Crippen molar-refractivity contribution in [2.24, 2.45) is 11.1 Å². The van der Waals surface area contributed by atoms with E-state index in [0.717, 1.165) is 60.4 Å². The second-order valence-electron chi connectivity index (χ2n) is 14.7. The second-order valence-corrected chi connectivity index (χ2v) is 24.0. The van der Waals surface area contributed by atoms with Gasteiger partial charge in [0.2, 0.25) is 11.8 Å². The van der Waals surface area contributed by atoms with Crippen molar-refractivity contribution in [1.82, 2.24) is 30.2 Å². The molecule has 3 rings (SSSR count). The number of unbranched alkanes of at least 4 members (excludes halogenated alkanes) is 1. The van der Waals surface area contributed by atoms with Gasteiger partial charge in [-0.25, -0.2) is 28.6 Å². The maximum Gasteiger partial charge on any atom is 0.481 e. The van der Waals surface area contributed by atoms with Crippen molar-refractivity contribution in [2.45, 2.75) is 88.3 Å². The molecular weight excluding hydrogens is 1010 g/mol. The van der Waals surface area contributed by atoms with Crippen LogP contribution in [0.25, 0.3) is 11.2 Å². The van der Waals surface area contributed by atoms with E-state index in [4.69, 9.17) is 30.4 Å². The summed E-state index contributed by atoms with van der Waals surface area (Å²) in [5.41, 5.74) is 9.82. The SMILES string of the molecule is CC(C)(COP(=O)(O)OP(=O)(O)OCC1OC(n2cnc3c(N)ncnc32)C(O)C1OP(=O)(O)O)C(O)C(=O)NCCC(=O)NCCSC(=O)CCCCC(CCSCN)SSCCO. The number of amides is 2. The van der Waals surface area contributed by atoms with Crippen LogP contribution < -0.4 is 22.1 Å². The number of fused-ring (bicyclic) bond motifs is 1. The second kappa shape index (κ2) is 27.7. The number of rotatable bonds is 32. The number of aliphatic hydroxyl groups is 3. The van der Waals surface area contributed by atoms with Crippen molar-refractivity contribution in [3.63, 3.8) is 0 Å². The number of imidazole rings is 1. The third-order valence-corrected chi connectivity index (χ3v) is 16.8. The van der Waals surface area contributed by atoms with Crippen molar-refractivity contribution in [3.05, 3.63) is 12.7 Å². The van der Waals surface area contributed by atoms with Crippen LogP contribution in [0, 0.1) is 5.41 Å². The standard InChI is InChI=1S/C32H57N8O18P3S4/c1-32(2,27(45)30(46)36-9-7-22(42)35-10-13-63-23(43)6-4-3-5-20(8-12-62-17-33)65-64-14-11-41)16-55-61(52,53)58-60(50,51)54-15-21-26(57-59(47,48)49)25(44)31(56-21)40-19-39-24-28(34)37-18-38-29(24)40/h18-21,25-27,31,41,44-45H,3-17,33H2,1-2H3,(H,35,42)(H,36,46)(H,50,51)(H,52,53)(H2,34,37,38)(H2,47,48,49). The van der Waals surface area contributed by atoms with Gasteiger partial charge in [0.1, 0.15) is 36.3 Å². The molecule has 2 amide bonds. The van der Waals surface area contributed by atoms with E-state index in [9.17, 15) is 57.9 Å². The summed E-state index contributed by atoms with van der Waals surface area (Å²) in [6.45, 7) is 0.591. The predicted octanol–water partition coefficient (Wildman–Crippen LogP) is 1.01. The summed E-state index contributed by atoms with van der Waals surface area (Å²) in [5, 5.41) is 36.0. The Balaban J connectivity index is 1.38. The van der Waals surface area contributed by atoms with Crippen LogP contribution in [0.15, 0.2) is 12.7 Å². The number of thioether (sulfide) groups is 2. The monoisotopic (exact) mass is 1060 g/mol. The highest BCUT2D eigenvalue weighted by molar-refractivity contribution is 8.76. The molecule has 1 aliphatic rings. The molecule has 2 aromatic heterocycles. The number of nitrogens with zero attached hydrogens (tertiary/aromatic N) is 4. The van der Waals surface area contributed by atoms with Gasteiger partial charge in [-0.1, -0.05) is 53.6 Å². The summed E-state index contributed by atoms with van der Waals surface area (Å²) in [6, 6.07) is 0. The minimum absolute atomic E-state index is 0.00808. The zero-order chi connectivity index (χ0) is 48.4. The number of aromatic nitrogens is 4. The van der Waals surface area contributed by atoms with Gasteiger partial charge in [-0.15, -0.1) is 11.8 Å². The number of nitrogen functional groups attached to an aromatic ring is 1. The molecule has 8 unspecified atom stereocenters. The molecule has 1 aliphatic heterocycles. The Morgan fingerprint density at radius 2 is 1.71 bits per heavy atom. The van der Waals surface area contributed by atoms with E-state index in [-0.39, 0.29) is 48.2 Å². The minimum atomic E-state index is -5.58. The van der Waals surface area contributed by atoms with Crippen LogP contribution in [0.1, 0.15) is 58.6 Å². The van der Waals surface area contributed by atoms with Crippen molar-refractivity contribution < 1.29 is 85.6 Å². The number of carbonyl (C=O) groups is 3. The Bertz CT molecular complexity index is 1980. The zero-order valence-electron chi connectivity index (χ0n) is 35.3. The molecule has 0 spiro atoms. The summed E-state index contributed by atoms with van der Waals surface area (Å²) in [6.07, 6.45) is -2.99. The average molecular weight is 1060 g/mol. The van der Waals surface area contributed by atoms with Crippen LogP contribution in [-0.2, 0) is 50.7 Å². The molecule has 1 fully saturated rings. The third kappa shape index (κ3) is 20.6. The fourth-order valence-corrected chi connectivity index (χ4v) is 12.6. The number of ether oxygens (including phenoxy) is 1. The van der Waals surface area contributed by atoms with Crippen LogP contribution in [0.5, 0.6) is 0 Å². The number of phosphoric acid groups is 3. The zero-order valence-corrected chi connectivity index (χ0v) is 41.2. The Hall–Kier alpha value is -1.47. The number of aliphatic hydroxyl groups excluding tert-OH is 3. The Kier molecular flexibility index (Phi) is 24.6. The van der Waals surface area contributed by atoms with Crippen LogP contribution in [0.3, 0.4) is 0 Å². The molecule has 0 aliphatic carbocycles. The molecule has 0 aromatic carbocycles. The number of carbonyl (C=O) groups excluding carboxylic acids is 3. The molecule has 33 heteroatoms. The number of phosphoric ester groups is 3. The van der Waals surface area contributed by atoms with Crippen molar-refractivity contribution in [1.29, 1.82) is 0 Å². The highest BCUT2D eigenvalue weighted by Gasteiger charge is 2.50. The molecule has 8 atom stereocenters. The van der Waals surface area contributed by atoms with Gasteiger partial charge in [0.15, 0.2) is 22.8 Å². The lowest BCUT2D eigenvalue weighted by Crippen LogP contribution is -2.46. The van der Waals surface area contributed by atoms with Gasteiger partial charge in [-0.2, -0.15) is 4.31 Å². The van der Waals surface area contributed by atoms with Crippen molar-refractivity contribution >= 4 is 102 Å². The molecule has 26 nitrogen and oxygen atoms in total. The normalized spacial score (nSPS) is 20.8. The molecule has 3 heterocycles. The topological polar surface area (TPSA) is 410 Å². The minimum Gasteiger partial charge on any atom is -0.395 e. The summed E-state index contributed by atoms with van der Waals surface area (Å²) in [5.74, 6) is 1.06. The molecule has 372 valence electrons. The van der Waals surface area contributed by atoms with Gasteiger partial charge in [0.05, 0.1) is 26.1 Å². The smallest absolute Gasteiger partial charge is 0.395 e. The van der Waals surface area contributed by atoms with Crippen LogP contribution in [-0.4, -0.2) is 157 Å².